The summed E-state index contributed by atoms with van der Waals surface area (Å²) >= 11 is 0. The molecule has 0 spiro atoms. The van der Waals surface area contributed by atoms with Crippen LogP contribution in [0, 0.1) is 0 Å². The van der Waals surface area contributed by atoms with Gasteiger partial charge in [-0.15, -0.1) is 0 Å². The molecule has 0 aliphatic heterocycles. The third-order valence-electron chi connectivity index (χ3n) is 10.6. The van der Waals surface area contributed by atoms with Crippen LogP contribution >= 0.6 is 0 Å². The van der Waals surface area contributed by atoms with Gasteiger partial charge in [-0.25, -0.2) is 0 Å². The van der Waals surface area contributed by atoms with Crippen molar-refractivity contribution in [2.45, 2.75) is 19.3 Å². The molecule has 45 heavy (non-hydrogen) atoms. The molecular weight excluding hydrogens is 540 g/mol. The third-order valence-corrected chi connectivity index (χ3v) is 10.6. The second-order valence-corrected chi connectivity index (χ2v) is 13.3. The van der Waals surface area contributed by atoms with Crippen molar-refractivity contribution in [2.75, 3.05) is 0 Å². The number of rotatable bonds is 2. The largest absolute Gasteiger partial charge is 0.0616 e. The predicted octanol–water partition coefficient (Wildman–Crippen LogP) is 12.5. The Balaban J connectivity index is 1.15. The molecule has 1 aliphatic rings. The van der Waals surface area contributed by atoms with E-state index in [1.807, 2.05) is 0 Å². The van der Waals surface area contributed by atoms with E-state index in [-0.39, 0.29) is 5.41 Å². The molecule has 0 unspecified atom stereocenters. The van der Waals surface area contributed by atoms with Crippen molar-refractivity contribution in [3.05, 3.63) is 157 Å². The Labute approximate surface area is 262 Å². The summed E-state index contributed by atoms with van der Waals surface area (Å²) in [7, 11) is 0. The highest BCUT2D eigenvalue weighted by molar-refractivity contribution is 6.25. The molecule has 210 valence electrons. The molecule has 10 rings (SSSR count). The van der Waals surface area contributed by atoms with E-state index in [0.717, 1.165) is 0 Å². The maximum atomic E-state index is 2.48. The average Bonchev–Trinajstić information content (AvgIpc) is 3.30. The van der Waals surface area contributed by atoms with Crippen molar-refractivity contribution in [2.24, 2.45) is 0 Å². The van der Waals surface area contributed by atoms with Gasteiger partial charge in [0.1, 0.15) is 0 Å². The summed E-state index contributed by atoms with van der Waals surface area (Å²) in [5.74, 6) is 0. The van der Waals surface area contributed by atoms with Crippen LogP contribution in [-0.4, -0.2) is 0 Å². The van der Waals surface area contributed by atoms with Crippen LogP contribution in [0.5, 0.6) is 0 Å². The third kappa shape index (κ3) is 3.43. The van der Waals surface area contributed by atoms with Gasteiger partial charge in [-0.3, -0.25) is 0 Å². The van der Waals surface area contributed by atoms with Gasteiger partial charge in [0.15, 0.2) is 0 Å². The molecular formula is C45H30. The summed E-state index contributed by atoms with van der Waals surface area (Å²) in [5, 5.41) is 13.2. The van der Waals surface area contributed by atoms with Gasteiger partial charge >= 0.3 is 0 Å². The molecule has 0 N–H and O–H groups in total. The van der Waals surface area contributed by atoms with Crippen LogP contribution in [0.4, 0.5) is 0 Å². The van der Waals surface area contributed by atoms with Gasteiger partial charge in [-0.1, -0.05) is 135 Å². The lowest BCUT2D eigenvalue weighted by Gasteiger charge is -2.23. The monoisotopic (exact) mass is 570 g/mol. The zero-order valence-corrected chi connectivity index (χ0v) is 25.4. The zero-order chi connectivity index (χ0) is 29.9. The lowest BCUT2D eigenvalue weighted by Crippen LogP contribution is -2.15. The molecule has 0 heteroatoms. The Bertz CT molecular complexity index is 2650. The Kier molecular flexibility index (Phi) is 4.88. The number of hydrogen-bond acceptors (Lipinski definition) is 0. The van der Waals surface area contributed by atoms with Gasteiger partial charge in [0, 0.05) is 5.41 Å². The highest BCUT2D eigenvalue weighted by Crippen LogP contribution is 2.52. The summed E-state index contributed by atoms with van der Waals surface area (Å²) in [6.45, 7) is 4.80. The summed E-state index contributed by atoms with van der Waals surface area (Å²) in [6.07, 6.45) is 0. The van der Waals surface area contributed by atoms with Gasteiger partial charge in [-0.05, 0) is 123 Å². The maximum Gasteiger partial charge on any atom is 0.0159 e. The molecule has 0 aromatic heterocycles. The first kappa shape index (κ1) is 24.9. The fourth-order valence-corrected chi connectivity index (χ4v) is 8.27. The zero-order valence-electron chi connectivity index (χ0n) is 25.4. The topological polar surface area (TPSA) is 0 Å². The van der Waals surface area contributed by atoms with Gasteiger partial charge in [0.2, 0.25) is 0 Å². The molecule has 0 saturated carbocycles. The Morgan fingerprint density at radius 2 is 0.911 bits per heavy atom. The van der Waals surface area contributed by atoms with Crippen LogP contribution in [0.15, 0.2) is 146 Å². The molecule has 0 fully saturated rings. The van der Waals surface area contributed by atoms with E-state index in [9.17, 15) is 0 Å². The number of fused-ring (bicyclic) bond motifs is 5. The smallest absolute Gasteiger partial charge is 0.0159 e. The van der Waals surface area contributed by atoms with Gasteiger partial charge < -0.3 is 0 Å². The van der Waals surface area contributed by atoms with Gasteiger partial charge in [0.25, 0.3) is 0 Å². The van der Waals surface area contributed by atoms with Crippen molar-refractivity contribution in [3.63, 3.8) is 0 Å². The molecule has 0 saturated heterocycles. The summed E-state index contributed by atoms with van der Waals surface area (Å²) in [6, 6.07) is 54.7. The highest BCUT2D eigenvalue weighted by Gasteiger charge is 2.36. The second kappa shape index (κ2) is 8.80. The van der Waals surface area contributed by atoms with Crippen LogP contribution in [0.25, 0.3) is 87.2 Å². The van der Waals surface area contributed by atoms with E-state index in [1.165, 1.54) is 98.4 Å². The SMILES string of the molecule is CC1(C)c2cc(-c3ccc4ccc5cccc6ccc3c4c56)ccc2-c2cc3cccc(-c4ccc5ccccc5c4)c3cc21. The molecule has 0 atom stereocenters. The van der Waals surface area contributed by atoms with Crippen molar-refractivity contribution >= 4 is 53.9 Å². The van der Waals surface area contributed by atoms with E-state index in [0.29, 0.717) is 0 Å². The number of hydrogen-bond donors (Lipinski definition) is 0. The molecule has 0 bridgehead atoms. The minimum absolute atomic E-state index is 0.116. The Hall–Kier alpha value is -5.46. The lowest BCUT2D eigenvalue weighted by atomic mass is 9.80. The summed E-state index contributed by atoms with van der Waals surface area (Å²) < 4.78 is 0. The van der Waals surface area contributed by atoms with Crippen molar-refractivity contribution in [1.29, 1.82) is 0 Å². The van der Waals surface area contributed by atoms with Gasteiger partial charge in [-0.2, -0.15) is 0 Å². The van der Waals surface area contributed by atoms with Crippen LogP contribution in [0.2, 0.25) is 0 Å². The number of benzene rings is 9. The van der Waals surface area contributed by atoms with E-state index < -0.39 is 0 Å². The minimum Gasteiger partial charge on any atom is -0.0616 e. The summed E-state index contributed by atoms with van der Waals surface area (Å²) in [4.78, 5) is 0. The molecule has 9 aromatic rings. The van der Waals surface area contributed by atoms with E-state index in [2.05, 4.69) is 159 Å². The van der Waals surface area contributed by atoms with E-state index in [1.54, 1.807) is 0 Å². The van der Waals surface area contributed by atoms with Crippen LogP contribution in [-0.2, 0) is 5.41 Å². The lowest BCUT2D eigenvalue weighted by molar-refractivity contribution is 0.661. The maximum absolute atomic E-state index is 2.48. The summed E-state index contributed by atoms with van der Waals surface area (Å²) in [5.41, 5.74) is 10.6. The fraction of sp³-hybridized carbons (Fsp3) is 0.0667. The molecule has 0 amide bonds. The first-order chi connectivity index (χ1) is 22.0. The first-order valence-electron chi connectivity index (χ1n) is 15.9. The molecule has 1 aliphatic carbocycles. The minimum atomic E-state index is -0.116. The average molecular weight is 571 g/mol. The standard InChI is InChI=1S/C45H30/c1-45(2)41-25-34(36-20-17-30-15-14-28-9-5-10-29-18-22-38(36)44(30)43(28)29)19-21-37(41)40-24-32-11-6-12-35(39(32)26-42(40)45)33-16-13-27-7-3-4-8-31(27)23-33/h3-26H,1-2H3. The van der Waals surface area contributed by atoms with Crippen LogP contribution in [0.3, 0.4) is 0 Å². The Morgan fingerprint density at radius 3 is 1.78 bits per heavy atom. The molecule has 0 heterocycles. The second-order valence-electron chi connectivity index (χ2n) is 13.3. The molecule has 9 aromatic carbocycles. The van der Waals surface area contributed by atoms with E-state index >= 15 is 0 Å². The molecule has 0 nitrogen and oxygen atoms in total. The normalized spacial score (nSPS) is 13.7. The van der Waals surface area contributed by atoms with Crippen molar-refractivity contribution < 1.29 is 0 Å². The first-order valence-corrected chi connectivity index (χ1v) is 15.9. The van der Waals surface area contributed by atoms with Crippen molar-refractivity contribution in [3.8, 4) is 33.4 Å². The Morgan fingerprint density at radius 1 is 0.333 bits per heavy atom. The predicted molar refractivity (Wildman–Crippen MR) is 194 cm³/mol. The molecule has 0 radical (unpaired) electrons. The van der Waals surface area contributed by atoms with Gasteiger partial charge in [0.05, 0.1) is 0 Å². The quantitative estimate of drug-likeness (QED) is 0.181. The highest BCUT2D eigenvalue weighted by atomic mass is 14.4. The van der Waals surface area contributed by atoms with Crippen LogP contribution < -0.4 is 0 Å². The van der Waals surface area contributed by atoms with Crippen molar-refractivity contribution in [1.82, 2.24) is 0 Å². The van der Waals surface area contributed by atoms with Crippen LogP contribution in [0.1, 0.15) is 25.0 Å². The van der Waals surface area contributed by atoms with E-state index in [4.69, 9.17) is 0 Å². The fourth-order valence-electron chi connectivity index (χ4n) is 8.27.